The van der Waals surface area contributed by atoms with Gasteiger partial charge in [-0.1, -0.05) is 25.1 Å². The molecule has 1 heterocycles. The van der Waals surface area contributed by atoms with Crippen molar-refractivity contribution in [2.75, 3.05) is 5.32 Å². The number of aromatic carboxylic acids is 1. The van der Waals surface area contributed by atoms with E-state index in [1.54, 1.807) is 0 Å². The van der Waals surface area contributed by atoms with Gasteiger partial charge in [0.25, 0.3) is 0 Å². The third kappa shape index (κ3) is 2.68. The summed E-state index contributed by atoms with van der Waals surface area (Å²) < 4.78 is 5.07. The zero-order valence-corrected chi connectivity index (χ0v) is 10.0. The molecule has 0 amide bonds. The van der Waals surface area contributed by atoms with Crippen LogP contribution in [0, 0.1) is 0 Å². The van der Waals surface area contributed by atoms with Crippen molar-refractivity contribution >= 4 is 11.7 Å². The van der Waals surface area contributed by atoms with Gasteiger partial charge in [0.2, 0.25) is 11.7 Å². The average Bonchev–Trinajstić information content (AvgIpc) is 2.85. The summed E-state index contributed by atoms with van der Waals surface area (Å²) in [5.41, 5.74) is 2.21. The predicted octanol–water partition coefficient (Wildman–Crippen LogP) is 2.55. The number of benzene rings is 1. The first-order chi connectivity index (χ1) is 8.70. The molecule has 0 fully saturated rings. The van der Waals surface area contributed by atoms with Crippen molar-refractivity contribution in [2.24, 2.45) is 0 Å². The summed E-state index contributed by atoms with van der Waals surface area (Å²) in [5, 5.41) is 11.9. The zero-order chi connectivity index (χ0) is 13.0. The number of nitrogens with one attached hydrogen (secondary N) is 1. The Kier molecular flexibility index (Phi) is 3.62. The molecule has 0 saturated heterocycles. The molecule has 1 aromatic carbocycles. The number of carboxylic acids is 1. The molecule has 0 aliphatic rings. The van der Waals surface area contributed by atoms with Gasteiger partial charge in [-0.05, 0) is 18.1 Å². The summed E-state index contributed by atoms with van der Waals surface area (Å²) in [5.74, 6) is -0.892. The fraction of sp³-hybridized carbons (Fsp3) is 0.231. The first-order valence-electron chi connectivity index (χ1n) is 5.70. The Hall–Kier alpha value is -2.30. The second kappa shape index (κ2) is 5.35. The van der Waals surface area contributed by atoms with Gasteiger partial charge in [-0.2, -0.15) is 0 Å². The van der Waals surface area contributed by atoms with Gasteiger partial charge in [0, 0.05) is 5.69 Å². The molecule has 0 aliphatic heterocycles. The van der Waals surface area contributed by atoms with E-state index in [0.717, 1.165) is 12.1 Å². The lowest BCUT2D eigenvalue weighted by Gasteiger charge is -2.08. The third-order valence-corrected chi connectivity index (χ3v) is 2.59. The summed E-state index contributed by atoms with van der Waals surface area (Å²) in [6.45, 7) is 2.44. The maximum Gasteiger partial charge on any atom is 0.373 e. The molecule has 1 aromatic heterocycles. The topological polar surface area (TPSA) is 75.4 Å². The molecule has 94 valence electrons. The van der Waals surface area contributed by atoms with E-state index in [1.807, 2.05) is 24.3 Å². The van der Waals surface area contributed by atoms with Crippen LogP contribution in [0.2, 0.25) is 0 Å². The number of aryl methyl sites for hydroxylation is 1. The maximum absolute atomic E-state index is 10.6. The summed E-state index contributed by atoms with van der Waals surface area (Å²) >= 11 is 0. The third-order valence-electron chi connectivity index (χ3n) is 2.59. The molecule has 0 spiro atoms. The number of carboxylic acid groups (broad SMARTS) is 1. The number of hydrogen-bond donors (Lipinski definition) is 2. The Morgan fingerprint density at radius 2 is 2.22 bits per heavy atom. The van der Waals surface area contributed by atoms with Gasteiger partial charge in [0.05, 0.1) is 12.7 Å². The minimum atomic E-state index is -1.11. The summed E-state index contributed by atoms with van der Waals surface area (Å²) in [7, 11) is 0. The standard InChI is InChI=1S/C13H14N2O3/c1-2-9-5-3-4-6-10(9)14-8-12-15-7-11(18-12)13(16)17/h3-7,14H,2,8H2,1H3,(H,16,17). The first-order valence-corrected chi connectivity index (χ1v) is 5.70. The SMILES string of the molecule is CCc1ccccc1NCc1ncc(C(=O)O)o1. The second-order valence-corrected chi connectivity index (χ2v) is 3.79. The number of oxazole rings is 1. The van der Waals surface area contributed by atoms with Crippen molar-refractivity contribution in [3.63, 3.8) is 0 Å². The lowest BCUT2D eigenvalue weighted by Crippen LogP contribution is -2.02. The summed E-state index contributed by atoms with van der Waals surface area (Å²) in [6.07, 6.45) is 2.14. The molecule has 0 radical (unpaired) electrons. The zero-order valence-electron chi connectivity index (χ0n) is 10.0. The van der Waals surface area contributed by atoms with E-state index in [1.165, 1.54) is 11.8 Å². The largest absolute Gasteiger partial charge is 0.475 e. The monoisotopic (exact) mass is 246 g/mol. The van der Waals surface area contributed by atoms with E-state index < -0.39 is 5.97 Å². The van der Waals surface area contributed by atoms with Crippen LogP contribution in [0.3, 0.4) is 0 Å². The van der Waals surface area contributed by atoms with E-state index in [2.05, 4.69) is 17.2 Å². The number of nitrogens with zero attached hydrogens (tertiary/aromatic N) is 1. The Morgan fingerprint density at radius 1 is 1.44 bits per heavy atom. The fourth-order valence-electron chi connectivity index (χ4n) is 1.66. The van der Waals surface area contributed by atoms with Crippen molar-refractivity contribution in [3.8, 4) is 0 Å². The highest BCUT2D eigenvalue weighted by atomic mass is 16.4. The number of aromatic nitrogens is 1. The lowest BCUT2D eigenvalue weighted by atomic mass is 10.1. The van der Waals surface area contributed by atoms with Gasteiger partial charge < -0.3 is 14.8 Å². The molecule has 0 aliphatic carbocycles. The van der Waals surface area contributed by atoms with E-state index >= 15 is 0 Å². The molecular formula is C13H14N2O3. The van der Waals surface area contributed by atoms with Crippen molar-refractivity contribution in [1.29, 1.82) is 0 Å². The Morgan fingerprint density at radius 3 is 2.89 bits per heavy atom. The molecule has 0 bridgehead atoms. The Labute approximate surface area is 104 Å². The predicted molar refractivity (Wildman–Crippen MR) is 66.6 cm³/mol. The van der Waals surface area contributed by atoms with Crippen LogP contribution in [0.15, 0.2) is 34.9 Å². The van der Waals surface area contributed by atoms with E-state index in [9.17, 15) is 4.79 Å². The number of anilines is 1. The fourth-order valence-corrected chi connectivity index (χ4v) is 1.66. The highest BCUT2D eigenvalue weighted by molar-refractivity contribution is 5.83. The van der Waals surface area contributed by atoms with Crippen LogP contribution in [-0.2, 0) is 13.0 Å². The molecule has 5 nitrogen and oxygen atoms in total. The molecule has 2 aromatic rings. The van der Waals surface area contributed by atoms with E-state index in [-0.39, 0.29) is 5.76 Å². The lowest BCUT2D eigenvalue weighted by molar-refractivity contribution is 0.0660. The Bertz CT molecular complexity index is 549. The molecule has 2 rings (SSSR count). The van der Waals surface area contributed by atoms with Gasteiger partial charge >= 0.3 is 5.97 Å². The van der Waals surface area contributed by atoms with Crippen LogP contribution in [0.4, 0.5) is 5.69 Å². The van der Waals surface area contributed by atoms with Gasteiger partial charge in [0.15, 0.2) is 0 Å². The van der Waals surface area contributed by atoms with Crippen LogP contribution < -0.4 is 5.32 Å². The quantitative estimate of drug-likeness (QED) is 0.847. The minimum absolute atomic E-state index is 0.143. The maximum atomic E-state index is 10.6. The van der Waals surface area contributed by atoms with Crippen LogP contribution in [0.5, 0.6) is 0 Å². The average molecular weight is 246 g/mol. The smallest absolute Gasteiger partial charge is 0.373 e. The van der Waals surface area contributed by atoms with Crippen molar-refractivity contribution in [2.45, 2.75) is 19.9 Å². The number of para-hydroxylation sites is 1. The van der Waals surface area contributed by atoms with Crippen molar-refractivity contribution in [1.82, 2.24) is 4.98 Å². The number of hydrogen-bond acceptors (Lipinski definition) is 4. The highest BCUT2D eigenvalue weighted by Crippen LogP contribution is 2.16. The molecule has 0 unspecified atom stereocenters. The summed E-state index contributed by atoms with van der Waals surface area (Å²) in [6, 6.07) is 7.94. The van der Waals surface area contributed by atoms with Gasteiger partial charge in [0.1, 0.15) is 0 Å². The van der Waals surface area contributed by atoms with Crippen LogP contribution in [-0.4, -0.2) is 16.1 Å². The molecule has 5 heteroatoms. The highest BCUT2D eigenvalue weighted by Gasteiger charge is 2.10. The van der Waals surface area contributed by atoms with Crippen molar-refractivity contribution in [3.05, 3.63) is 47.7 Å². The Balaban J connectivity index is 2.04. The molecule has 18 heavy (non-hydrogen) atoms. The number of carbonyl (C=O) groups is 1. The van der Waals surface area contributed by atoms with E-state index in [4.69, 9.17) is 9.52 Å². The van der Waals surface area contributed by atoms with Gasteiger partial charge in [-0.15, -0.1) is 0 Å². The first kappa shape index (κ1) is 12.2. The molecule has 2 N–H and O–H groups in total. The van der Waals surface area contributed by atoms with E-state index in [0.29, 0.717) is 12.4 Å². The minimum Gasteiger partial charge on any atom is -0.475 e. The van der Waals surface area contributed by atoms with Crippen molar-refractivity contribution < 1.29 is 14.3 Å². The summed E-state index contributed by atoms with van der Waals surface area (Å²) in [4.78, 5) is 14.5. The van der Waals surface area contributed by atoms with Crippen LogP contribution in [0.1, 0.15) is 28.9 Å². The molecule has 0 atom stereocenters. The second-order valence-electron chi connectivity index (χ2n) is 3.79. The number of rotatable bonds is 5. The van der Waals surface area contributed by atoms with Gasteiger partial charge in [-0.25, -0.2) is 9.78 Å². The van der Waals surface area contributed by atoms with Crippen LogP contribution in [0.25, 0.3) is 0 Å². The van der Waals surface area contributed by atoms with Gasteiger partial charge in [-0.3, -0.25) is 0 Å². The molecular weight excluding hydrogens is 232 g/mol. The molecule has 0 saturated carbocycles. The normalized spacial score (nSPS) is 10.3. The van der Waals surface area contributed by atoms with Crippen LogP contribution >= 0.6 is 0 Å².